The molecule has 0 fully saturated rings. The number of nitrogens with one attached hydrogen (secondary N) is 1. The molecule has 2 aromatic carbocycles. The van der Waals surface area contributed by atoms with Gasteiger partial charge < -0.3 is 9.84 Å². The lowest BCUT2D eigenvalue weighted by Gasteiger charge is -2.06. The fourth-order valence-electron chi connectivity index (χ4n) is 2.17. The number of carbonyl (C=O) groups excluding carboxylic acids is 1. The summed E-state index contributed by atoms with van der Waals surface area (Å²) in [5.74, 6) is 0.924. The van der Waals surface area contributed by atoms with E-state index in [9.17, 15) is 4.79 Å². The van der Waals surface area contributed by atoms with Crippen LogP contribution in [0.1, 0.15) is 27.3 Å². The van der Waals surface area contributed by atoms with Gasteiger partial charge in [-0.15, -0.1) is 0 Å². The van der Waals surface area contributed by atoms with Gasteiger partial charge in [0.05, 0.1) is 0 Å². The molecule has 0 bridgehead atoms. The van der Waals surface area contributed by atoms with E-state index in [1.54, 1.807) is 31.2 Å². The van der Waals surface area contributed by atoms with Crippen LogP contribution in [0.5, 0.6) is 0 Å². The largest absolute Gasteiger partial charge is 0.348 e. The molecule has 0 saturated carbocycles. The maximum absolute atomic E-state index is 12.2. The number of carbonyl (C=O) groups is 1. The number of nitrogens with zero attached hydrogens (tertiary/aromatic N) is 2. The molecule has 1 aromatic heterocycles. The van der Waals surface area contributed by atoms with E-state index in [2.05, 4.69) is 15.5 Å². The Hall–Kier alpha value is -2.95. The van der Waals surface area contributed by atoms with Crippen LogP contribution in [0, 0.1) is 13.8 Å². The number of rotatable bonds is 4. The van der Waals surface area contributed by atoms with Crippen molar-refractivity contribution >= 4 is 5.91 Å². The highest BCUT2D eigenvalue weighted by atomic mass is 16.5. The van der Waals surface area contributed by atoms with E-state index in [4.69, 9.17) is 4.52 Å². The highest BCUT2D eigenvalue weighted by Gasteiger charge is 2.09. The highest BCUT2D eigenvalue weighted by Crippen LogP contribution is 2.17. The number of benzene rings is 2. The van der Waals surface area contributed by atoms with Crippen molar-refractivity contribution in [3.63, 3.8) is 0 Å². The van der Waals surface area contributed by atoms with Crippen LogP contribution in [0.25, 0.3) is 11.5 Å². The number of hydrogen-bond acceptors (Lipinski definition) is 4. The molecule has 1 N–H and O–H groups in total. The molecule has 3 rings (SSSR count). The van der Waals surface area contributed by atoms with E-state index in [0.29, 0.717) is 23.8 Å². The number of aryl methyl sites for hydroxylation is 2. The van der Waals surface area contributed by atoms with Gasteiger partial charge in [0, 0.05) is 17.7 Å². The molecule has 1 amide bonds. The average molecular weight is 307 g/mol. The summed E-state index contributed by atoms with van der Waals surface area (Å²) >= 11 is 0. The SMILES string of the molecule is Cc1ccc(CNC(=O)c2ccc(-c3nc(C)no3)cc2)cc1. The summed E-state index contributed by atoms with van der Waals surface area (Å²) in [6.07, 6.45) is 0. The molecule has 5 nitrogen and oxygen atoms in total. The first-order valence-corrected chi connectivity index (χ1v) is 7.36. The number of aromatic nitrogens is 2. The lowest BCUT2D eigenvalue weighted by molar-refractivity contribution is 0.0951. The van der Waals surface area contributed by atoms with Gasteiger partial charge >= 0.3 is 0 Å². The van der Waals surface area contributed by atoms with E-state index in [1.807, 2.05) is 31.2 Å². The van der Waals surface area contributed by atoms with Crippen molar-refractivity contribution in [1.82, 2.24) is 15.5 Å². The first kappa shape index (κ1) is 15.0. The Kier molecular flexibility index (Phi) is 4.19. The lowest BCUT2D eigenvalue weighted by atomic mass is 10.1. The van der Waals surface area contributed by atoms with Gasteiger partial charge in [-0.1, -0.05) is 35.0 Å². The summed E-state index contributed by atoms with van der Waals surface area (Å²) < 4.78 is 5.10. The van der Waals surface area contributed by atoms with Gasteiger partial charge in [0.25, 0.3) is 11.8 Å². The predicted octanol–water partition coefficient (Wildman–Crippen LogP) is 3.28. The normalized spacial score (nSPS) is 10.5. The summed E-state index contributed by atoms with van der Waals surface area (Å²) in [7, 11) is 0. The topological polar surface area (TPSA) is 68.0 Å². The average Bonchev–Trinajstić information content (AvgIpc) is 3.01. The molecule has 0 radical (unpaired) electrons. The second-order valence-electron chi connectivity index (χ2n) is 5.39. The predicted molar refractivity (Wildman–Crippen MR) is 86.8 cm³/mol. The Balaban J connectivity index is 1.64. The van der Waals surface area contributed by atoms with Gasteiger partial charge in [0.1, 0.15) is 0 Å². The van der Waals surface area contributed by atoms with Crippen molar-refractivity contribution < 1.29 is 9.32 Å². The van der Waals surface area contributed by atoms with Crippen LogP contribution in [0.2, 0.25) is 0 Å². The Morgan fingerprint density at radius 2 is 1.74 bits per heavy atom. The van der Waals surface area contributed by atoms with Crippen molar-refractivity contribution in [2.75, 3.05) is 0 Å². The van der Waals surface area contributed by atoms with Crippen molar-refractivity contribution in [1.29, 1.82) is 0 Å². The smallest absolute Gasteiger partial charge is 0.257 e. The van der Waals surface area contributed by atoms with Crippen molar-refractivity contribution in [2.45, 2.75) is 20.4 Å². The first-order chi connectivity index (χ1) is 11.1. The zero-order chi connectivity index (χ0) is 16.2. The van der Waals surface area contributed by atoms with Gasteiger partial charge in [-0.2, -0.15) is 4.98 Å². The zero-order valence-corrected chi connectivity index (χ0v) is 13.0. The van der Waals surface area contributed by atoms with Crippen LogP contribution in [0.15, 0.2) is 53.1 Å². The van der Waals surface area contributed by atoms with Crippen LogP contribution in [0.3, 0.4) is 0 Å². The quantitative estimate of drug-likeness (QED) is 0.803. The van der Waals surface area contributed by atoms with E-state index in [-0.39, 0.29) is 5.91 Å². The van der Waals surface area contributed by atoms with Crippen molar-refractivity contribution in [3.8, 4) is 11.5 Å². The van der Waals surface area contributed by atoms with E-state index in [0.717, 1.165) is 11.1 Å². The van der Waals surface area contributed by atoms with Gasteiger partial charge in [0.2, 0.25) is 0 Å². The minimum Gasteiger partial charge on any atom is -0.348 e. The van der Waals surface area contributed by atoms with Gasteiger partial charge in [-0.05, 0) is 43.7 Å². The fraction of sp³-hybridized carbons (Fsp3) is 0.167. The van der Waals surface area contributed by atoms with Gasteiger partial charge in [-0.3, -0.25) is 4.79 Å². The molecule has 0 atom stereocenters. The molecule has 0 aliphatic heterocycles. The minimum absolute atomic E-state index is 0.112. The third-order valence-corrected chi connectivity index (χ3v) is 3.50. The Morgan fingerprint density at radius 1 is 1.04 bits per heavy atom. The molecule has 116 valence electrons. The van der Waals surface area contributed by atoms with Gasteiger partial charge in [-0.25, -0.2) is 0 Å². The van der Waals surface area contributed by atoms with Gasteiger partial charge in [0.15, 0.2) is 5.82 Å². The molecular formula is C18H17N3O2. The summed E-state index contributed by atoms with van der Waals surface area (Å²) in [4.78, 5) is 16.3. The molecular weight excluding hydrogens is 290 g/mol. The van der Waals surface area contributed by atoms with Crippen LogP contribution >= 0.6 is 0 Å². The molecule has 0 saturated heterocycles. The second kappa shape index (κ2) is 6.44. The zero-order valence-electron chi connectivity index (χ0n) is 13.0. The highest BCUT2D eigenvalue weighted by molar-refractivity contribution is 5.94. The standard InChI is InChI=1S/C18H17N3O2/c1-12-3-5-14(6-4-12)11-19-17(22)15-7-9-16(10-8-15)18-20-13(2)21-23-18/h3-10H,11H2,1-2H3,(H,19,22). The van der Waals surface area contributed by atoms with Crippen LogP contribution in [-0.2, 0) is 6.54 Å². The summed E-state index contributed by atoms with van der Waals surface area (Å²) in [5.41, 5.74) is 3.66. The lowest BCUT2D eigenvalue weighted by Crippen LogP contribution is -2.22. The van der Waals surface area contributed by atoms with E-state index >= 15 is 0 Å². The summed E-state index contributed by atoms with van der Waals surface area (Å²) in [6, 6.07) is 15.2. The van der Waals surface area contributed by atoms with Crippen LogP contribution in [0.4, 0.5) is 0 Å². The fourth-order valence-corrected chi connectivity index (χ4v) is 2.17. The first-order valence-electron chi connectivity index (χ1n) is 7.36. The summed E-state index contributed by atoms with van der Waals surface area (Å²) in [6.45, 7) is 4.30. The Bertz CT molecular complexity index is 805. The van der Waals surface area contributed by atoms with Crippen molar-refractivity contribution in [2.24, 2.45) is 0 Å². The third-order valence-electron chi connectivity index (χ3n) is 3.50. The van der Waals surface area contributed by atoms with E-state index < -0.39 is 0 Å². The molecule has 5 heteroatoms. The number of hydrogen-bond donors (Lipinski definition) is 1. The monoisotopic (exact) mass is 307 g/mol. The molecule has 0 spiro atoms. The minimum atomic E-state index is -0.112. The molecule has 0 aliphatic rings. The molecule has 1 heterocycles. The molecule has 0 unspecified atom stereocenters. The molecule has 0 aliphatic carbocycles. The molecule has 3 aromatic rings. The number of amides is 1. The Morgan fingerprint density at radius 3 is 2.35 bits per heavy atom. The Labute approximate surface area is 134 Å². The second-order valence-corrected chi connectivity index (χ2v) is 5.39. The summed E-state index contributed by atoms with van der Waals surface area (Å²) in [5, 5.41) is 6.66. The third kappa shape index (κ3) is 3.63. The van der Waals surface area contributed by atoms with Crippen molar-refractivity contribution in [3.05, 3.63) is 71.0 Å². The maximum atomic E-state index is 12.2. The molecule has 23 heavy (non-hydrogen) atoms. The maximum Gasteiger partial charge on any atom is 0.257 e. The van der Waals surface area contributed by atoms with Crippen LogP contribution < -0.4 is 5.32 Å². The van der Waals surface area contributed by atoms with Crippen LogP contribution in [-0.4, -0.2) is 16.0 Å². The van der Waals surface area contributed by atoms with E-state index in [1.165, 1.54) is 5.56 Å².